The normalized spacial score (nSPS) is 19.1. The first-order valence-electron chi connectivity index (χ1n) is 11.3. The van der Waals surface area contributed by atoms with Gasteiger partial charge in [0, 0.05) is 0 Å². The standard InChI is InChI=1S/C28H38Si/c1-10-24-15-25(11-2)17-26(16-24)29(9,27-14-12-13-18(3)19(27)4)28-22(7)20(5)21(6)23(28)8/h12-17,22H,10-11H2,1-9H3. The van der Waals surface area contributed by atoms with Crippen molar-refractivity contribution in [2.24, 2.45) is 5.92 Å². The van der Waals surface area contributed by atoms with E-state index in [0.29, 0.717) is 5.92 Å². The first-order chi connectivity index (χ1) is 13.7. The van der Waals surface area contributed by atoms with Gasteiger partial charge in [0.1, 0.15) is 8.07 Å². The average Bonchev–Trinajstić information content (AvgIpc) is 2.92. The van der Waals surface area contributed by atoms with Crippen molar-refractivity contribution in [1.29, 1.82) is 0 Å². The highest BCUT2D eigenvalue weighted by Gasteiger charge is 2.43. The Bertz CT molecular complexity index is 983. The molecule has 0 spiro atoms. The van der Waals surface area contributed by atoms with Crippen LogP contribution in [0.5, 0.6) is 0 Å². The number of allylic oxidation sites excluding steroid dienone is 4. The zero-order valence-electron chi connectivity index (χ0n) is 20.0. The summed E-state index contributed by atoms with van der Waals surface area (Å²) in [6.07, 6.45) is 2.20. The van der Waals surface area contributed by atoms with E-state index in [4.69, 9.17) is 0 Å². The summed E-state index contributed by atoms with van der Waals surface area (Å²) in [5, 5.41) is 4.90. The van der Waals surface area contributed by atoms with E-state index in [2.05, 4.69) is 98.3 Å². The second-order valence-corrected chi connectivity index (χ2v) is 13.1. The fourth-order valence-electron chi connectivity index (χ4n) is 5.38. The van der Waals surface area contributed by atoms with Gasteiger partial charge < -0.3 is 0 Å². The Hall–Kier alpha value is -1.86. The van der Waals surface area contributed by atoms with Gasteiger partial charge in [0.05, 0.1) is 0 Å². The van der Waals surface area contributed by atoms with Gasteiger partial charge in [-0.25, -0.2) is 0 Å². The Morgan fingerprint density at radius 3 is 1.90 bits per heavy atom. The first kappa shape index (κ1) is 21.8. The molecular formula is C28H38Si. The molecule has 0 aromatic heterocycles. The molecule has 0 N–H and O–H groups in total. The molecule has 0 heterocycles. The van der Waals surface area contributed by atoms with Crippen LogP contribution in [0.2, 0.25) is 6.55 Å². The first-order valence-corrected chi connectivity index (χ1v) is 13.8. The Morgan fingerprint density at radius 1 is 0.828 bits per heavy atom. The monoisotopic (exact) mass is 402 g/mol. The highest BCUT2D eigenvalue weighted by atomic mass is 28.3. The lowest BCUT2D eigenvalue weighted by Gasteiger charge is -2.36. The lowest BCUT2D eigenvalue weighted by Crippen LogP contribution is -2.60. The van der Waals surface area contributed by atoms with E-state index in [1.807, 2.05) is 0 Å². The minimum absolute atomic E-state index is 0.530. The molecule has 1 heteroatoms. The number of hydrogen-bond donors (Lipinski definition) is 0. The maximum absolute atomic E-state index is 2.62. The summed E-state index contributed by atoms with van der Waals surface area (Å²) < 4.78 is 0. The van der Waals surface area contributed by atoms with E-state index in [9.17, 15) is 0 Å². The molecule has 0 saturated carbocycles. The van der Waals surface area contributed by atoms with E-state index in [1.165, 1.54) is 27.8 Å². The maximum atomic E-state index is 2.62. The molecule has 0 radical (unpaired) electrons. The molecule has 0 nitrogen and oxygen atoms in total. The van der Waals surface area contributed by atoms with Crippen LogP contribution < -0.4 is 10.4 Å². The minimum atomic E-state index is -2.11. The quantitative estimate of drug-likeness (QED) is 0.503. The van der Waals surface area contributed by atoms with Crippen LogP contribution in [0.15, 0.2) is 58.3 Å². The van der Waals surface area contributed by atoms with E-state index in [0.717, 1.165) is 12.8 Å². The van der Waals surface area contributed by atoms with Gasteiger partial charge in [0.25, 0.3) is 0 Å². The van der Waals surface area contributed by atoms with Crippen molar-refractivity contribution in [3.63, 3.8) is 0 Å². The zero-order valence-corrected chi connectivity index (χ0v) is 21.0. The lowest BCUT2D eigenvalue weighted by atomic mass is 10.1. The summed E-state index contributed by atoms with van der Waals surface area (Å²) in [6.45, 7) is 21.3. The topological polar surface area (TPSA) is 0 Å². The van der Waals surface area contributed by atoms with Crippen molar-refractivity contribution in [3.8, 4) is 0 Å². The van der Waals surface area contributed by atoms with Crippen LogP contribution in [0.4, 0.5) is 0 Å². The second-order valence-electron chi connectivity index (χ2n) is 9.19. The van der Waals surface area contributed by atoms with E-state index in [1.54, 1.807) is 26.7 Å². The number of benzene rings is 2. The van der Waals surface area contributed by atoms with Crippen molar-refractivity contribution in [3.05, 3.63) is 80.6 Å². The molecule has 29 heavy (non-hydrogen) atoms. The van der Waals surface area contributed by atoms with Crippen LogP contribution in [-0.2, 0) is 12.8 Å². The van der Waals surface area contributed by atoms with Crippen LogP contribution in [0.1, 0.15) is 63.8 Å². The van der Waals surface area contributed by atoms with Crippen molar-refractivity contribution < 1.29 is 0 Å². The predicted octanol–water partition coefficient (Wildman–Crippen LogP) is 6.46. The van der Waals surface area contributed by atoms with Gasteiger partial charge in [-0.05, 0) is 91.6 Å². The molecule has 0 amide bonds. The van der Waals surface area contributed by atoms with Crippen molar-refractivity contribution in [2.45, 2.75) is 74.8 Å². The van der Waals surface area contributed by atoms with Gasteiger partial charge in [0.15, 0.2) is 0 Å². The Kier molecular flexibility index (Phi) is 6.10. The summed E-state index contributed by atoms with van der Waals surface area (Å²) in [5.41, 5.74) is 10.5. The third-order valence-electron chi connectivity index (χ3n) is 7.77. The molecule has 0 bridgehead atoms. The average molecular weight is 403 g/mol. The third kappa shape index (κ3) is 3.48. The number of aryl methyl sites for hydroxylation is 3. The molecule has 2 aromatic rings. The van der Waals surface area contributed by atoms with Crippen LogP contribution >= 0.6 is 0 Å². The predicted molar refractivity (Wildman–Crippen MR) is 132 cm³/mol. The summed E-state index contributed by atoms with van der Waals surface area (Å²) in [4.78, 5) is 0. The molecule has 3 rings (SSSR count). The molecule has 0 aliphatic heterocycles. The highest BCUT2D eigenvalue weighted by Crippen LogP contribution is 2.41. The van der Waals surface area contributed by atoms with E-state index in [-0.39, 0.29) is 0 Å². The summed E-state index contributed by atoms with van der Waals surface area (Å²) >= 11 is 0. The molecule has 0 fully saturated rings. The van der Waals surface area contributed by atoms with Gasteiger partial charge >= 0.3 is 0 Å². The molecule has 1 aliphatic rings. The molecule has 2 aromatic carbocycles. The van der Waals surface area contributed by atoms with Crippen LogP contribution in [0, 0.1) is 19.8 Å². The van der Waals surface area contributed by atoms with Gasteiger partial charge in [-0.15, -0.1) is 0 Å². The SMILES string of the molecule is CCc1cc(CC)cc([Si](C)(C2=C(C)C(C)=C(C)C2C)c2cccc(C)c2C)c1. The summed E-state index contributed by atoms with van der Waals surface area (Å²) in [7, 11) is -2.11. The van der Waals surface area contributed by atoms with E-state index >= 15 is 0 Å². The molecular weight excluding hydrogens is 364 g/mol. The van der Waals surface area contributed by atoms with Crippen molar-refractivity contribution >= 4 is 18.4 Å². The van der Waals surface area contributed by atoms with Crippen molar-refractivity contribution in [2.75, 3.05) is 0 Å². The lowest BCUT2D eigenvalue weighted by molar-refractivity contribution is 0.850. The Balaban J connectivity index is 2.40. The fourth-order valence-corrected chi connectivity index (χ4v) is 10.6. The molecule has 2 unspecified atom stereocenters. The largest absolute Gasteiger partial charge is 0.142 e. The smallest absolute Gasteiger partial charge is 0.0636 e. The van der Waals surface area contributed by atoms with Gasteiger partial charge in [-0.3, -0.25) is 0 Å². The van der Waals surface area contributed by atoms with Crippen molar-refractivity contribution in [1.82, 2.24) is 0 Å². The minimum Gasteiger partial charge on any atom is -0.0636 e. The van der Waals surface area contributed by atoms with Gasteiger partial charge in [-0.2, -0.15) is 0 Å². The van der Waals surface area contributed by atoms with Crippen LogP contribution in [-0.4, -0.2) is 8.07 Å². The third-order valence-corrected chi connectivity index (χ3v) is 12.7. The maximum Gasteiger partial charge on any atom is 0.142 e. The second kappa shape index (κ2) is 8.11. The van der Waals surface area contributed by atoms with Gasteiger partial charge in [0.2, 0.25) is 0 Å². The molecule has 154 valence electrons. The number of rotatable bonds is 5. The zero-order chi connectivity index (χ0) is 21.5. The van der Waals surface area contributed by atoms with Gasteiger partial charge in [-0.1, -0.05) is 80.1 Å². The van der Waals surface area contributed by atoms with Crippen LogP contribution in [0.25, 0.3) is 0 Å². The summed E-state index contributed by atoms with van der Waals surface area (Å²) in [6, 6.07) is 14.4. The Labute approximate surface area is 179 Å². The Morgan fingerprint density at radius 2 is 1.41 bits per heavy atom. The highest BCUT2D eigenvalue weighted by molar-refractivity contribution is 7.07. The molecule has 0 saturated heterocycles. The summed E-state index contributed by atoms with van der Waals surface area (Å²) in [5.74, 6) is 0.530. The van der Waals surface area contributed by atoms with E-state index < -0.39 is 8.07 Å². The fraction of sp³-hybridized carbons (Fsp3) is 0.429. The molecule has 2 atom stereocenters. The van der Waals surface area contributed by atoms with Crippen LogP contribution in [0.3, 0.4) is 0 Å². The molecule has 1 aliphatic carbocycles. The number of hydrogen-bond acceptors (Lipinski definition) is 0.